The molecule has 1 aromatic rings. The lowest BCUT2D eigenvalue weighted by molar-refractivity contribution is -0.133. The number of carbonyl (C=O) groups excluding carboxylic acids is 1. The first-order valence-electron chi connectivity index (χ1n) is 10.3. The number of nitrogens with one attached hydrogen (secondary N) is 1. The molecule has 1 aliphatic heterocycles. The lowest BCUT2D eigenvalue weighted by Crippen LogP contribution is -2.41. The first-order chi connectivity index (χ1) is 13.7. The average molecular weight is 443 g/mol. The van der Waals surface area contributed by atoms with Gasteiger partial charge in [0.2, 0.25) is 15.9 Å². The van der Waals surface area contributed by atoms with Gasteiger partial charge in [0, 0.05) is 25.0 Å². The van der Waals surface area contributed by atoms with Crippen molar-refractivity contribution in [3.63, 3.8) is 0 Å². The summed E-state index contributed by atoms with van der Waals surface area (Å²) in [7, 11) is -6.52. The molecule has 0 aromatic heterocycles. The molecule has 1 saturated carbocycles. The molecule has 1 heterocycles. The molecule has 1 aromatic carbocycles. The summed E-state index contributed by atoms with van der Waals surface area (Å²) in [5.74, 6) is 0.175. The second-order valence-corrected chi connectivity index (χ2v) is 12.0. The molecule has 1 unspecified atom stereocenters. The molecule has 0 spiro atoms. The Hall–Kier alpha value is -1.45. The zero-order valence-electron chi connectivity index (χ0n) is 16.8. The Kier molecular flexibility index (Phi) is 7.01. The van der Waals surface area contributed by atoms with Crippen LogP contribution in [0.25, 0.3) is 0 Å². The Morgan fingerprint density at radius 1 is 1.17 bits per heavy atom. The number of sulfone groups is 1. The maximum atomic E-state index is 12.8. The third-order valence-corrected chi connectivity index (χ3v) is 8.77. The highest BCUT2D eigenvalue weighted by Gasteiger charge is 2.34. The predicted molar refractivity (Wildman–Crippen MR) is 112 cm³/mol. The second-order valence-electron chi connectivity index (χ2n) is 8.04. The van der Waals surface area contributed by atoms with Gasteiger partial charge in [-0.1, -0.05) is 25.5 Å². The van der Waals surface area contributed by atoms with Crippen LogP contribution < -0.4 is 4.72 Å². The fourth-order valence-corrected chi connectivity index (χ4v) is 6.62. The zero-order valence-corrected chi connectivity index (χ0v) is 18.5. The fraction of sp³-hybridized carbons (Fsp3) is 0.650. The standard InChI is InChI=1S/C20H30N2O5S2/c1-2-3-13-22(18-12-14-28(24,25)15-18)20(23)11-6-16-4-9-19(10-5-16)29(26,27)21-17-7-8-17/h4-5,9-10,17-18,21H,2-3,6-8,11-15H2,1H3. The van der Waals surface area contributed by atoms with E-state index in [2.05, 4.69) is 4.72 Å². The summed E-state index contributed by atoms with van der Waals surface area (Å²) in [6.07, 6.45) is 4.85. The van der Waals surface area contributed by atoms with Gasteiger partial charge in [0.05, 0.1) is 16.4 Å². The van der Waals surface area contributed by atoms with Crippen LogP contribution in [-0.4, -0.2) is 57.8 Å². The first kappa shape index (κ1) is 22.2. The summed E-state index contributed by atoms with van der Waals surface area (Å²) in [6.45, 7) is 2.63. The number of sulfonamides is 1. The van der Waals surface area contributed by atoms with Gasteiger partial charge in [-0.05, 0) is 49.8 Å². The van der Waals surface area contributed by atoms with Crippen molar-refractivity contribution in [2.75, 3.05) is 18.1 Å². The Labute approximate surface area is 173 Å². The van der Waals surface area contributed by atoms with E-state index in [9.17, 15) is 21.6 Å². The zero-order chi connectivity index (χ0) is 21.1. The number of aryl methyl sites for hydroxylation is 1. The van der Waals surface area contributed by atoms with E-state index < -0.39 is 19.9 Å². The summed E-state index contributed by atoms with van der Waals surface area (Å²) in [6, 6.07) is 6.47. The monoisotopic (exact) mass is 442 g/mol. The van der Waals surface area contributed by atoms with Crippen molar-refractivity contribution < 1.29 is 21.6 Å². The number of hydrogen-bond donors (Lipinski definition) is 1. The fourth-order valence-electron chi connectivity index (χ4n) is 3.58. The minimum Gasteiger partial charge on any atom is -0.339 e. The van der Waals surface area contributed by atoms with E-state index in [0.29, 0.717) is 19.4 Å². The van der Waals surface area contributed by atoms with Gasteiger partial charge in [0.1, 0.15) is 0 Å². The second kappa shape index (κ2) is 9.14. The van der Waals surface area contributed by atoms with E-state index in [1.165, 1.54) is 0 Å². The molecule has 2 aliphatic rings. The van der Waals surface area contributed by atoms with Crippen LogP contribution in [-0.2, 0) is 31.1 Å². The maximum absolute atomic E-state index is 12.8. The number of unbranched alkanes of at least 4 members (excludes halogenated alkanes) is 1. The van der Waals surface area contributed by atoms with Crippen LogP contribution in [0.3, 0.4) is 0 Å². The molecule has 2 fully saturated rings. The smallest absolute Gasteiger partial charge is 0.240 e. The average Bonchev–Trinajstić information content (AvgIpc) is 3.40. The maximum Gasteiger partial charge on any atom is 0.240 e. The summed E-state index contributed by atoms with van der Waals surface area (Å²) in [5, 5.41) is 0. The van der Waals surface area contributed by atoms with Crippen molar-refractivity contribution in [3.05, 3.63) is 29.8 Å². The highest BCUT2D eigenvalue weighted by molar-refractivity contribution is 7.91. The molecule has 7 nitrogen and oxygen atoms in total. The van der Waals surface area contributed by atoms with Crippen molar-refractivity contribution in [1.29, 1.82) is 0 Å². The Bertz CT molecular complexity index is 922. The molecule has 1 amide bonds. The van der Waals surface area contributed by atoms with E-state index >= 15 is 0 Å². The van der Waals surface area contributed by atoms with Gasteiger partial charge in [0.15, 0.2) is 9.84 Å². The van der Waals surface area contributed by atoms with Gasteiger partial charge in [-0.3, -0.25) is 4.79 Å². The molecule has 9 heteroatoms. The summed E-state index contributed by atoms with van der Waals surface area (Å²) < 4.78 is 50.7. The number of rotatable bonds is 10. The van der Waals surface area contributed by atoms with E-state index in [1.807, 2.05) is 6.92 Å². The Morgan fingerprint density at radius 2 is 1.86 bits per heavy atom. The first-order valence-corrected chi connectivity index (χ1v) is 13.6. The molecule has 0 bridgehead atoms. The summed E-state index contributed by atoms with van der Waals surface area (Å²) in [5.41, 5.74) is 0.887. The van der Waals surface area contributed by atoms with Crippen molar-refractivity contribution in [2.24, 2.45) is 0 Å². The third kappa shape index (κ3) is 6.26. The van der Waals surface area contributed by atoms with E-state index in [4.69, 9.17) is 0 Å². The SMILES string of the molecule is CCCCN(C(=O)CCc1ccc(S(=O)(=O)NC2CC2)cc1)C1CCS(=O)(=O)C1. The topological polar surface area (TPSA) is 101 Å². The Balaban J connectivity index is 1.58. The van der Waals surface area contributed by atoms with Crippen LogP contribution in [0.4, 0.5) is 0 Å². The summed E-state index contributed by atoms with van der Waals surface area (Å²) >= 11 is 0. The van der Waals surface area contributed by atoms with E-state index in [1.54, 1.807) is 29.2 Å². The van der Waals surface area contributed by atoms with Crippen LogP contribution in [0, 0.1) is 0 Å². The number of carbonyl (C=O) groups is 1. The molecular formula is C20H30N2O5S2. The van der Waals surface area contributed by atoms with Crippen molar-refractivity contribution >= 4 is 25.8 Å². The molecular weight excluding hydrogens is 412 g/mol. The van der Waals surface area contributed by atoms with E-state index in [0.717, 1.165) is 31.2 Å². The third-order valence-electron chi connectivity index (χ3n) is 5.48. The molecule has 1 aliphatic carbocycles. The van der Waals surface area contributed by atoms with Crippen LogP contribution in [0.2, 0.25) is 0 Å². The normalized spacial score (nSPS) is 21.2. The highest BCUT2D eigenvalue weighted by Crippen LogP contribution is 2.23. The van der Waals surface area contributed by atoms with Crippen LogP contribution in [0.1, 0.15) is 51.0 Å². The highest BCUT2D eigenvalue weighted by atomic mass is 32.2. The van der Waals surface area contributed by atoms with Gasteiger partial charge < -0.3 is 4.90 Å². The molecule has 3 rings (SSSR count). The van der Waals surface area contributed by atoms with Crippen LogP contribution in [0.15, 0.2) is 29.2 Å². The van der Waals surface area contributed by atoms with Crippen LogP contribution >= 0.6 is 0 Å². The van der Waals surface area contributed by atoms with Gasteiger partial charge in [-0.25, -0.2) is 21.6 Å². The van der Waals surface area contributed by atoms with Gasteiger partial charge in [0.25, 0.3) is 0 Å². The van der Waals surface area contributed by atoms with Gasteiger partial charge in [-0.15, -0.1) is 0 Å². The molecule has 162 valence electrons. The van der Waals surface area contributed by atoms with E-state index in [-0.39, 0.29) is 40.8 Å². The predicted octanol–water partition coefficient (Wildman–Crippen LogP) is 1.88. The lowest BCUT2D eigenvalue weighted by atomic mass is 10.1. The minimum atomic E-state index is -3.47. The molecule has 1 atom stereocenters. The van der Waals surface area contributed by atoms with Gasteiger partial charge >= 0.3 is 0 Å². The van der Waals surface area contributed by atoms with Crippen molar-refractivity contribution in [3.8, 4) is 0 Å². The Morgan fingerprint density at radius 3 is 2.41 bits per heavy atom. The number of benzene rings is 1. The lowest BCUT2D eigenvalue weighted by Gasteiger charge is -2.28. The quantitative estimate of drug-likeness (QED) is 0.596. The largest absolute Gasteiger partial charge is 0.339 e. The molecule has 1 saturated heterocycles. The molecule has 29 heavy (non-hydrogen) atoms. The minimum absolute atomic E-state index is 0.0346. The summed E-state index contributed by atoms with van der Waals surface area (Å²) in [4.78, 5) is 14.8. The van der Waals surface area contributed by atoms with Crippen molar-refractivity contribution in [1.82, 2.24) is 9.62 Å². The number of hydrogen-bond acceptors (Lipinski definition) is 5. The van der Waals surface area contributed by atoms with Crippen molar-refractivity contribution in [2.45, 2.75) is 68.8 Å². The van der Waals surface area contributed by atoms with Gasteiger partial charge in [-0.2, -0.15) is 0 Å². The number of amides is 1. The molecule has 0 radical (unpaired) electrons. The molecule has 1 N–H and O–H groups in total. The van der Waals surface area contributed by atoms with Crippen LogP contribution in [0.5, 0.6) is 0 Å². The number of nitrogens with zero attached hydrogens (tertiary/aromatic N) is 1.